The molecular formula is C15H17NO4S. The van der Waals surface area contributed by atoms with Crippen LogP contribution in [0.25, 0.3) is 6.08 Å². The normalized spacial score (nSPS) is 13.0. The average Bonchev–Trinajstić information content (AvgIpc) is 2.45. The van der Waals surface area contributed by atoms with Crippen LogP contribution in [0.4, 0.5) is 0 Å². The number of carbonyl (C=O) groups is 1. The lowest BCUT2D eigenvalue weighted by atomic mass is 10.2. The average molecular weight is 307 g/mol. The van der Waals surface area contributed by atoms with Crippen molar-refractivity contribution in [3.05, 3.63) is 35.9 Å². The van der Waals surface area contributed by atoms with Gasteiger partial charge in [-0.15, -0.1) is 12.3 Å². The van der Waals surface area contributed by atoms with Gasteiger partial charge in [-0.25, -0.2) is 17.9 Å². The number of rotatable bonds is 7. The standard InChI is InChI=1S/C15H17NO4S/c1-3-5-13(4-2)16-21(19,20)14-9-6-12(7-10-14)8-11-15(17)18/h1,6-11,13,16H,4-5H2,2H3,(H,17,18)/b11-8+. The lowest BCUT2D eigenvalue weighted by molar-refractivity contribution is -0.131. The second-order valence-electron chi connectivity index (χ2n) is 4.38. The Morgan fingerprint density at radius 2 is 2.05 bits per heavy atom. The van der Waals surface area contributed by atoms with Crippen LogP contribution in [0.5, 0.6) is 0 Å². The van der Waals surface area contributed by atoms with Gasteiger partial charge in [0, 0.05) is 18.5 Å². The molecule has 112 valence electrons. The molecule has 1 aromatic rings. The third kappa shape index (κ3) is 5.42. The molecule has 0 aliphatic heterocycles. The predicted molar refractivity (Wildman–Crippen MR) is 81.0 cm³/mol. The van der Waals surface area contributed by atoms with Crippen molar-refractivity contribution in [3.63, 3.8) is 0 Å². The lowest BCUT2D eigenvalue weighted by Gasteiger charge is -2.14. The van der Waals surface area contributed by atoms with E-state index in [4.69, 9.17) is 11.5 Å². The Bertz CT molecular complexity index is 654. The smallest absolute Gasteiger partial charge is 0.328 e. The largest absolute Gasteiger partial charge is 0.478 e. The van der Waals surface area contributed by atoms with Crippen molar-refractivity contribution in [1.82, 2.24) is 4.72 Å². The van der Waals surface area contributed by atoms with E-state index in [1.807, 2.05) is 6.92 Å². The number of aliphatic carboxylic acids is 1. The first-order valence-electron chi connectivity index (χ1n) is 6.36. The molecule has 0 fully saturated rings. The highest BCUT2D eigenvalue weighted by molar-refractivity contribution is 7.89. The van der Waals surface area contributed by atoms with Gasteiger partial charge in [-0.3, -0.25) is 0 Å². The molecular weight excluding hydrogens is 290 g/mol. The van der Waals surface area contributed by atoms with Crippen molar-refractivity contribution in [2.24, 2.45) is 0 Å². The van der Waals surface area contributed by atoms with Crippen molar-refractivity contribution in [2.75, 3.05) is 0 Å². The molecule has 6 heteroatoms. The van der Waals surface area contributed by atoms with Crippen LogP contribution >= 0.6 is 0 Å². The molecule has 0 saturated carbocycles. The third-order valence-electron chi connectivity index (χ3n) is 2.79. The number of carboxylic acids is 1. The van der Waals surface area contributed by atoms with Gasteiger partial charge in [0.2, 0.25) is 10.0 Å². The van der Waals surface area contributed by atoms with Crippen molar-refractivity contribution >= 4 is 22.1 Å². The summed E-state index contributed by atoms with van der Waals surface area (Å²) in [6.07, 6.45) is 8.50. The van der Waals surface area contributed by atoms with Crippen LogP contribution in [0.1, 0.15) is 25.3 Å². The fourth-order valence-electron chi connectivity index (χ4n) is 1.62. The molecule has 2 N–H and O–H groups in total. The number of sulfonamides is 1. The minimum absolute atomic E-state index is 0.116. The summed E-state index contributed by atoms with van der Waals surface area (Å²) in [7, 11) is -3.63. The van der Waals surface area contributed by atoms with Crippen LogP contribution < -0.4 is 4.72 Å². The zero-order valence-corrected chi connectivity index (χ0v) is 12.4. The monoisotopic (exact) mass is 307 g/mol. The Morgan fingerprint density at radius 1 is 1.43 bits per heavy atom. The van der Waals surface area contributed by atoms with Gasteiger partial charge in [0.05, 0.1) is 4.90 Å². The first-order chi connectivity index (χ1) is 9.89. The second-order valence-corrected chi connectivity index (χ2v) is 6.09. The number of hydrogen-bond acceptors (Lipinski definition) is 3. The Morgan fingerprint density at radius 3 is 2.52 bits per heavy atom. The van der Waals surface area contributed by atoms with Crippen molar-refractivity contribution in [1.29, 1.82) is 0 Å². The molecule has 1 atom stereocenters. The molecule has 0 radical (unpaired) electrons. The van der Waals surface area contributed by atoms with Gasteiger partial charge < -0.3 is 5.11 Å². The van der Waals surface area contributed by atoms with Gasteiger partial charge in [0.25, 0.3) is 0 Å². The molecule has 1 rings (SSSR count). The SMILES string of the molecule is C#CCC(CC)NS(=O)(=O)c1ccc(/C=C/C(=O)O)cc1. The van der Waals surface area contributed by atoms with Crippen LogP contribution in [-0.4, -0.2) is 25.5 Å². The van der Waals surface area contributed by atoms with Crippen molar-refractivity contribution < 1.29 is 18.3 Å². The summed E-state index contributed by atoms with van der Waals surface area (Å²) in [4.78, 5) is 10.5. The fraction of sp³-hybridized carbons (Fsp3) is 0.267. The summed E-state index contributed by atoms with van der Waals surface area (Å²) >= 11 is 0. The molecule has 5 nitrogen and oxygen atoms in total. The van der Waals surface area contributed by atoms with Gasteiger partial charge in [0.1, 0.15) is 0 Å². The number of benzene rings is 1. The Labute approximate surface area is 124 Å². The van der Waals surface area contributed by atoms with Gasteiger partial charge in [-0.2, -0.15) is 0 Å². The summed E-state index contributed by atoms with van der Waals surface area (Å²) < 4.78 is 26.9. The maximum Gasteiger partial charge on any atom is 0.328 e. The zero-order chi connectivity index (χ0) is 15.9. The molecule has 0 aliphatic carbocycles. The van der Waals surface area contributed by atoms with E-state index in [9.17, 15) is 13.2 Å². The van der Waals surface area contributed by atoms with Gasteiger partial charge >= 0.3 is 5.97 Å². The van der Waals surface area contributed by atoms with E-state index in [1.165, 1.54) is 30.3 Å². The van der Waals surface area contributed by atoms with Gasteiger partial charge in [-0.1, -0.05) is 19.1 Å². The van der Waals surface area contributed by atoms with E-state index >= 15 is 0 Å². The van der Waals surface area contributed by atoms with Crippen molar-refractivity contribution in [2.45, 2.75) is 30.7 Å². The Balaban J connectivity index is 2.90. The van der Waals surface area contributed by atoms with E-state index in [0.717, 1.165) is 6.08 Å². The Hall–Kier alpha value is -2.10. The summed E-state index contributed by atoms with van der Waals surface area (Å²) in [6.45, 7) is 1.85. The number of carboxylic acid groups (broad SMARTS) is 1. The number of terminal acetylenes is 1. The molecule has 0 bridgehead atoms. The van der Waals surface area contributed by atoms with Gasteiger partial charge in [-0.05, 0) is 30.2 Å². The maximum atomic E-state index is 12.2. The van der Waals surface area contributed by atoms with Crippen LogP contribution in [0.15, 0.2) is 35.2 Å². The van der Waals surface area contributed by atoms with Crippen LogP contribution in [0.2, 0.25) is 0 Å². The van der Waals surface area contributed by atoms with E-state index in [1.54, 1.807) is 0 Å². The first-order valence-corrected chi connectivity index (χ1v) is 7.84. The van der Waals surface area contributed by atoms with E-state index in [-0.39, 0.29) is 10.9 Å². The molecule has 1 unspecified atom stereocenters. The molecule has 0 amide bonds. The topological polar surface area (TPSA) is 83.5 Å². The van der Waals surface area contributed by atoms with E-state index in [0.29, 0.717) is 18.4 Å². The predicted octanol–water partition coefficient (Wildman–Crippen LogP) is 1.86. The summed E-state index contributed by atoms with van der Waals surface area (Å²) in [6, 6.07) is 5.62. The minimum Gasteiger partial charge on any atom is -0.478 e. The summed E-state index contributed by atoms with van der Waals surface area (Å²) in [5.41, 5.74) is 0.604. The molecule has 0 heterocycles. The molecule has 0 saturated heterocycles. The highest BCUT2D eigenvalue weighted by atomic mass is 32.2. The summed E-state index contributed by atoms with van der Waals surface area (Å²) in [5, 5.41) is 8.53. The summed E-state index contributed by atoms with van der Waals surface area (Å²) in [5.74, 6) is 1.38. The Kier molecular flexibility index (Phi) is 6.15. The fourth-order valence-corrected chi connectivity index (χ4v) is 2.94. The van der Waals surface area contributed by atoms with Crippen LogP contribution in [-0.2, 0) is 14.8 Å². The second kappa shape index (κ2) is 7.62. The zero-order valence-electron chi connectivity index (χ0n) is 11.6. The molecule has 0 aromatic heterocycles. The number of hydrogen-bond donors (Lipinski definition) is 2. The highest BCUT2D eigenvalue weighted by Gasteiger charge is 2.18. The lowest BCUT2D eigenvalue weighted by Crippen LogP contribution is -2.34. The first kappa shape index (κ1) is 17.0. The maximum absolute atomic E-state index is 12.2. The minimum atomic E-state index is -3.63. The quantitative estimate of drug-likeness (QED) is 0.595. The van der Waals surface area contributed by atoms with E-state index < -0.39 is 16.0 Å². The number of nitrogens with one attached hydrogen (secondary N) is 1. The molecule has 0 spiro atoms. The molecule has 21 heavy (non-hydrogen) atoms. The van der Waals surface area contributed by atoms with Crippen molar-refractivity contribution in [3.8, 4) is 12.3 Å². The third-order valence-corrected chi connectivity index (χ3v) is 4.32. The molecule has 0 aliphatic rings. The van der Waals surface area contributed by atoms with E-state index in [2.05, 4.69) is 10.6 Å². The van der Waals surface area contributed by atoms with Crippen LogP contribution in [0, 0.1) is 12.3 Å². The van der Waals surface area contributed by atoms with Gasteiger partial charge in [0.15, 0.2) is 0 Å². The highest BCUT2D eigenvalue weighted by Crippen LogP contribution is 2.13. The van der Waals surface area contributed by atoms with Crippen LogP contribution in [0.3, 0.4) is 0 Å². The molecule has 1 aromatic carbocycles.